The molecule has 0 spiro atoms. The molecule has 26 heavy (non-hydrogen) atoms. The summed E-state index contributed by atoms with van der Waals surface area (Å²) in [5.74, 6) is 0.596. The van der Waals surface area contributed by atoms with Gasteiger partial charge in [-0.2, -0.15) is 0 Å². The van der Waals surface area contributed by atoms with Crippen LogP contribution in [-0.4, -0.2) is 57.0 Å². The van der Waals surface area contributed by atoms with Crippen LogP contribution in [0.1, 0.15) is 18.5 Å². The maximum absolute atomic E-state index is 12.9. The maximum atomic E-state index is 12.9. The van der Waals surface area contributed by atoms with Crippen LogP contribution in [0.4, 0.5) is 4.79 Å². The average molecular weight is 361 g/mol. The van der Waals surface area contributed by atoms with Gasteiger partial charge in [0.25, 0.3) is 5.91 Å². The minimum Gasteiger partial charge on any atom is -0.494 e. The lowest BCUT2D eigenvalue weighted by Gasteiger charge is -2.26. The molecule has 1 atom stereocenters. The quantitative estimate of drug-likeness (QED) is 0.712. The highest BCUT2D eigenvalue weighted by atomic mass is 16.7. The zero-order chi connectivity index (χ0) is 18.7. The summed E-state index contributed by atoms with van der Waals surface area (Å²) in [5, 5.41) is 5.57. The van der Waals surface area contributed by atoms with Gasteiger partial charge in [-0.05, 0) is 24.6 Å². The minimum atomic E-state index is -0.520. The number of hydrogen-bond acceptors (Lipinski definition) is 5. The number of amides is 3. The van der Waals surface area contributed by atoms with Gasteiger partial charge in [0, 0.05) is 14.2 Å². The van der Waals surface area contributed by atoms with Crippen LogP contribution in [0.5, 0.6) is 5.75 Å². The fourth-order valence-electron chi connectivity index (χ4n) is 3.17. The fourth-order valence-corrected chi connectivity index (χ4v) is 3.17. The molecule has 2 aliphatic heterocycles. The van der Waals surface area contributed by atoms with Gasteiger partial charge in [-0.15, -0.1) is 0 Å². The van der Waals surface area contributed by atoms with Crippen LogP contribution >= 0.6 is 0 Å². The van der Waals surface area contributed by atoms with Crippen molar-refractivity contribution in [3.63, 3.8) is 0 Å². The third kappa shape index (κ3) is 3.51. The number of ether oxygens (including phenoxy) is 3. The summed E-state index contributed by atoms with van der Waals surface area (Å²) in [6, 6.07) is 6.54. The van der Waals surface area contributed by atoms with Crippen molar-refractivity contribution >= 4 is 11.9 Å². The van der Waals surface area contributed by atoms with Crippen molar-refractivity contribution in [3.05, 3.63) is 41.1 Å². The number of methoxy groups -OCH3 is 2. The Bertz CT molecular complexity index is 712. The van der Waals surface area contributed by atoms with E-state index in [1.54, 1.807) is 4.90 Å². The molecule has 3 amide bonds. The summed E-state index contributed by atoms with van der Waals surface area (Å²) in [6.45, 7) is 3.09. The Morgan fingerprint density at radius 2 is 1.88 bits per heavy atom. The van der Waals surface area contributed by atoms with Crippen LogP contribution in [0.2, 0.25) is 0 Å². The first-order chi connectivity index (χ1) is 12.6. The number of carbonyl (C=O) groups is 2. The van der Waals surface area contributed by atoms with Crippen LogP contribution in [0.25, 0.3) is 0 Å². The lowest BCUT2D eigenvalue weighted by atomic mass is 9.96. The fraction of sp³-hybridized carbons (Fsp3) is 0.444. The Morgan fingerprint density at radius 3 is 2.50 bits per heavy atom. The van der Waals surface area contributed by atoms with Gasteiger partial charge in [0.1, 0.15) is 5.75 Å². The number of nitrogens with zero attached hydrogens (tertiary/aromatic N) is 1. The molecule has 8 nitrogen and oxygen atoms in total. The third-order valence-electron chi connectivity index (χ3n) is 4.44. The largest absolute Gasteiger partial charge is 0.494 e. The Kier molecular flexibility index (Phi) is 5.43. The number of nitrogens with one attached hydrogen (secondary N) is 2. The molecule has 8 heteroatoms. The molecule has 3 rings (SSSR count). The van der Waals surface area contributed by atoms with E-state index in [4.69, 9.17) is 14.2 Å². The van der Waals surface area contributed by atoms with E-state index < -0.39 is 12.3 Å². The first-order valence-electron chi connectivity index (χ1n) is 8.45. The lowest BCUT2D eigenvalue weighted by molar-refractivity contribution is -0.140. The Balaban J connectivity index is 1.84. The molecular formula is C18H23N3O5. The average Bonchev–Trinajstić information content (AvgIpc) is 2.95. The smallest absolute Gasteiger partial charge is 0.319 e. The van der Waals surface area contributed by atoms with Crippen molar-refractivity contribution in [2.24, 2.45) is 0 Å². The van der Waals surface area contributed by atoms with Gasteiger partial charge < -0.3 is 29.7 Å². The van der Waals surface area contributed by atoms with Crippen molar-refractivity contribution in [3.8, 4) is 5.75 Å². The molecule has 0 aromatic heterocycles. The predicted octanol–water partition coefficient (Wildman–Crippen LogP) is 1.15. The summed E-state index contributed by atoms with van der Waals surface area (Å²) in [6.07, 6.45) is -0.520. The molecular weight excluding hydrogens is 338 g/mol. The highest BCUT2D eigenvalue weighted by Gasteiger charge is 2.40. The monoisotopic (exact) mass is 361 g/mol. The summed E-state index contributed by atoms with van der Waals surface area (Å²) in [7, 11) is 3.04. The zero-order valence-corrected chi connectivity index (χ0v) is 15.1. The predicted molar refractivity (Wildman–Crippen MR) is 93.4 cm³/mol. The van der Waals surface area contributed by atoms with Gasteiger partial charge in [0.15, 0.2) is 6.29 Å². The molecule has 0 aliphatic carbocycles. The van der Waals surface area contributed by atoms with Gasteiger partial charge in [-0.25, -0.2) is 4.79 Å². The van der Waals surface area contributed by atoms with E-state index in [2.05, 4.69) is 10.6 Å². The number of urea groups is 1. The molecule has 1 aromatic carbocycles. The second-order valence-corrected chi connectivity index (χ2v) is 6.01. The van der Waals surface area contributed by atoms with E-state index >= 15 is 0 Å². The van der Waals surface area contributed by atoms with Gasteiger partial charge >= 0.3 is 6.03 Å². The molecule has 0 fully saturated rings. The molecule has 2 N–H and O–H groups in total. The maximum Gasteiger partial charge on any atom is 0.319 e. The number of hydrogen-bond donors (Lipinski definition) is 2. The summed E-state index contributed by atoms with van der Waals surface area (Å²) < 4.78 is 15.8. The van der Waals surface area contributed by atoms with Crippen LogP contribution in [-0.2, 0) is 14.3 Å². The van der Waals surface area contributed by atoms with Gasteiger partial charge in [-0.1, -0.05) is 12.1 Å². The first kappa shape index (κ1) is 18.2. The molecule has 0 saturated carbocycles. The second-order valence-electron chi connectivity index (χ2n) is 6.01. The molecule has 1 aromatic rings. The van der Waals surface area contributed by atoms with Gasteiger partial charge in [-0.3, -0.25) is 4.79 Å². The molecule has 140 valence electrons. The number of carbonyl (C=O) groups excluding carboxylic acids is 2. The lowest BCUT2D eigenvalue weighted by Crippen LogP contribution is -2.44. The zero-order valence-electron chi connectivity index (χ0n) is 15.1. The van der Waals surface area contributed by atoms with Gasteiger partial charge in [0.2, 0.25) is 0 Å². The molecule has 0 radical (unpaired) electrons. The summed E-state index contributed by atoms with van der Waals surface area (Å²) in [4.78, 5) is 26.6. The van der Waals surface area contributed by atoms with E-state index in [1.807, 2.05) is 31.2 Å². The molecule has 2 aliphatic rings. The van der Waals surface area contributed by atoms with Crippen molar-refractivity contribution in [2.75, 3.05) is 33.9 Å². The van der Waals surface area contributed by atoms with E-state index in [1.165, 1.54) is 14.2 Å². The first-order valence-corrected chi connectivity index (χ1v) is 8.45. The van der Waals surface area contributed by atoms with Crippen LogP contribution < -0.4 is 15.4 Å². The number of rotatable bonds is 7. The SMILES string of the molecule is CCOc1ccc([C@H]2NC(=O)NC3=C2C(=O)N(CC(OC)OC)C3)cc1. The van der Waals surface area contributed by atoms with Crippen molar-refractivity contribution in [2.45, 2.75) is 19.3 Å². The van der Waals surface area contributed by atoms with Crippen LogP contribution in [0.3, 0.4) is 0 Å². The normalized spacial score (nSPS) is 19.5. The van der Waals surface area contributed by atoms with E-state index in [-0.39, 0.29) is 18.5 Å². The van der Waals surface area contributed by atoms with Crippen LogP contribution in [0, 0.1) is 0 Å². The topological polar surface area (TPSA) is 89.1 Å². The summed E-state index contributed by atoms with van der Waals surface area (Å²) in [5.41, 5.74) is 1.98. The van der Waals surface area contributed by atoms with Crippen molar-refractivity contribution < 1.29 is 23.8 Å². The van der Waals surface area contributed by atoms with E-state index in [0.717, 1.165) is 11.3 Å². The standard InChI is InChI=1S/C18H23N3O5/c1-4-26-12-7-5-11(6-8-12)16-15-13(19-18(23)20-16)9-21(17(15)22)10-14(24-2)25-3/h5-8,14,16H,4,9-10H2,1-3H3,(H2,19,20,23)/t16-/m1/s1. The molecule has 2 heterocycles. The van der Waals surface area contributed by atoms with Crippen molar-refractivity contribution in [1.29, 1.82) is 0 Å². The van der Waals surface area contributed by atoms with Gasteiger partial charge in [0.05, 0.1) is 37.0 Å². The number of benzene rings is 1. The highest BCUT2D eigenvalue weighted by molar-refractivity contribution is 6.01. The molecule has 0 unspecified atom stereocenters. The Morgan fingerprint density at radius 1 is 1.19 bits per heavy atom. The Hall–Kier alpha value is -2.58. The molecule has 0 saturated heterocycles. The van der Waals surface area contributed by atoms with Crippen LogP contribution in [0.15, 0.2) is 35.5 Å². The third-order valence-corrected chi connectivity index (χ3v) is 4.44. The highest BCUT2D eigenvalue weighted by Crippen LogP contribution is 2.33. The molecule has 0 bridgehead atoms. The Labute approximate surface area is 152 Å². The van der Waals surface area contributed by atoms with E-state index in [0.29, 0.717) is 24.4 Å². The summed E-state index contributed by atoms with van der Waals surface area (Å²) >= 11 is 0. The minimum absolute atomic E-state index is 0.148. The van der Waals surface area contributed by atoms with E-state index in [9.17, 15) is 9.59 Å². The second kappa shape index (κ2) is 7.76. The van der Waals surface area contributed by atoms with Crippen molar-refractivity contribution in [1.82, 2.24) is 15.5 Å².